The van der Waals surface area contributed by atoms with E-state index in [1.807, 2.05) is 13.8 Å². The lowest BCUT2D eigenvalue weighted by Crippen LogP contribution is -2.22. The maximum absolute atomic E-state index is 6.08. The molecule has 0 unspecified atom stereocenters. The molecule has 0 bridgehead atoms. The number of aromatic nitrogens is 3. The summed E-state index contributed by atoms with van der Waals surface area (Å²) in [4.78, 5) is 4.36. The molecule has 1 aliphatic carbocycles. The number of rotatable bonds is 3. The molecule has 4 nitrogen and oxygen atoms in total. The predicted molar refractivity (Wildman–Crippen MR) is 69.4 cm³/mol. The van der Waals surface area contributed by atoms with Crippen LogP contribution in [0.15, 0.2) is 0 Å². The van der Waals surface area contributed by atoms with Gasteiger partial charge in [-0.05, 0) is 45.4 Å². The summed E-state index contributed by atoms with van der Waals surface area (Å²) in [6, 6.07) is 0. The van der Waals surface area contributed by atoms with Crippen LogP contribution in [0.3, 0.4) is 0 Å². The Morgan fingerprint density at radius 2 is 1.82 bits per heavy atom. The van der Waals surface area contributed by atoms with E-state index in [1.54, 1.807) is 0 Å². The molecule has 1 aromatic heterocycles. The van der Waals surface area contributed by atoms with Crippen molar-refractivity contribution < 1.29 is 0 Å². The fourth-order valence-corrected chi connectivity index (χ4v) is 2.35. The highest BCUT2D eigenvalue weighted by Gasteiger charge is 2.19. The van der Waals surface area contributed by atoms with E-state index in [-0.39, 0.29) is 0 Å². The van der Waals surface area contributed by atoms with Gasteiger partial charge in [0.25, 0.3) is 0 Å². The van der Waals surface area contributed by atoms with Crippen LogP contribution in [0.1, 0.15) is 37.1 Å². The minimum Gasteiger partial charge on any atom is -0.353 e. The summed E-state index contributed by atoms with van der Waals surface area (Å²) in [6.07, 6.45) is 4.64. The SMILES string of the molecule is Cc1nnc(NCC2CCC(Cl)CC2)nc1C. The molecule has 94 valence electrons. The van der Waals surface area contributed by atoms with Gasteiger partial charge >= 0.3 is 0 Å². The zero-order valence-corrected chi connectivity index (χ0v) is 11.2. The van der Waals surface area contributed by atoms with Gasteiger partial charge in [-0.3, -0.25) is 0 Å². The van der Waals surface area contributed by atoms with Gasteiger partial charge in [-0.25, -0.2) is 4.98 Å². The lowest BCUT2D eigenvalue weighted by atomic mass is 9.89. The van der Waals surface area contributed by atoms with Crippen LogP contribution in [0.4, 0.5) is 5.95 Å². The van der Waals surface area contributed by atoms with Gasteiger partial charge < -0.3 is 5.32 Å². The van der Waals surface area contributed by atoms with E-state index in [2.05, 4.69) is 20.5 Å². The van der Waals surface area contributed by atoms with E-state index < -0.39 is 0 Å². The Morgan fingerprint density at radius 3 is 2.47 bits per heavy atom. The molecule has 2 rings (SSSR count). The Balaban J connectivity index is 1.83. The molecule has 0 saturated heterocycles. The molecule has 0 aromatic carbocycles. The lowest BCUT2D eigenvalue weighted by Gasteiger charge is -2.24. The van der Waals surface area contributed by atoms with Crippen molar-refractivity contribution in [2.75, 3.05) is 11.9 Å². The molecule has 1 fully saturated rings. The third-order valence-electron chi connectivity index (χ3n) is 3.42. The van der Waals surface area contributed by atoms with E-state index in [4.69, 9.17) is 11.6 Å². The normalized spacial score (nSPS) is 24.6. The first-order valence-corrected chi connectivity index (χ1v) is 6.64. The van der Waals surface area contributed by atoms with Crippen molar-refractivity contribution in [3.63, 3.8) is 0 Å². The molecular formula is C12H19ClN4. The summed E-state index contributed by atoms with van der Waals surface area (Å²) in [5.41, 5.74) is 1.82. The smallest absolute Gasteiger partial charge is 0.242 e. The van der Waals surface area contributed by atoms with Crippen LogP contribution < -0.4 is 5.32 Å². The number of aryl methyl sites for hydroxylation is 2. The largest absolute Gasteiger partial charge is 0.353 e. The lowest BCUT2D eigenvalue weighted by molar-refractivity contribution is 0.377. The molecule has 5 heteroatoms. The van der Waals surface area contributed by atoms with Crippen molar-refractivity contribution in [2.45, 2.75) is 44.9 Å². The summed E-state index contributed by atoms with van der Waals surface area (Å²) in [5, 5.41) is 11.7. The summed E-state index contributed by atoms with van der Waals surface area (Å²) in [6.45, 7) is 4.79. The summed E-state index contributed by atoms with van der Waals surface area (Å²) >= 11 is 6.08. The van der Waals surface area contributed by atoms with Gasteiger partial charge in [0.15, 0.2) is 0 Å². The molecule has 1 N–H and O–H groups in total. The van der Waals surface area contributed by atoms with Crippen molar-refractivity contribution in [2.24, 2.45) is 5.92 Å². The number of hydrogen-bond acceptors (Lipinski definition) is 4. The maximum Gasteiger partial charge on any atom is 0.242 e. The molecule has 1 aromatic rings. The van der Waals surface area contributed by atoms with Crippen molar-refractivity contribution in [3.8, 4) is 0 Å². The van der Waals surface area contributed by atoms with Crippen LogP contribution in [0.5, 0.6) is 0 Å². The number of alkyl halides is 1. The molecule has 1 heterocycles. The molecular weight excluding hydrogens is 236 g/mol. The number of anilines is 1. The van der Waals surface area contributed by atoms with Crippen LogP contribution in [0, 0.1) is 19.8 Å². The first-order chi connectivity index (χ1) is 8.15. The van der Waals surface area contributed by atoms with E-state index in [1.165, 1.54) is 12.8 Å². The topological polar surface area (TPSA) is 50.7 Å². The highest BCUT2D eigenvalue weighted by Crippen LogP contribution is 2.27. The fourth-order valence-electron chi connectivity index (χ4n) is 2.09. The minimum atomic E-state index is 0.380. The second-order valence-electron chi connectivity index (χ2n) is 4.81. The predicted octanol–water partition coefficient (Wildman–Crippen LogP) is 2.70. The van der Waals surface area contributed by atoms with Gasteiger partial charge in [0.2, 0.25) is 5.95 Å². The summed E-state index contributed by atoms with van der Waals surface area (Å²) in [5.74, 6) is 1.33. The second-order valence-corrected chi connectivity index (χ2v) is 5.42. The molecule has 0 aliphatic heterocycles. The molecule has 1 saturated carbocycles. The van der Waals surface area contributed by atoms with Gasteiger partial charge in [0, 0.05) is 11.9 Å². The third-order valence-corrected chi connectivity index (χ3v) is 3.85. The zero-order chi connectivity index (χ0) is 12.3. The summed E-state index contributed by atoms with van der Waals surface area (Å²) in [7, 11) is 0. The quantitative estimate of drug-likeness (QED) is 0.843. The van der Waals surface area contributed by atoms with Gasteiger partial charge in [-0.15, -0.1) is 16.7 Å². The average molecular weight is 255 g/mol. The Bertz CT molecular complexity index is 375. The van der Waals surface area contributed by atoms with Crippen molar-refractivity contribution in [1.82, 2.24) is 15.2 Å². The number of nitrogens with zero attached hydrogens (tertiary/aromatic N) is 3. The van der Waals surface area contributed by atoms with E-state index in [9.17, 15) is 0 Å². The highest BCUT2D eigenvalue weighted by atomic mass is 35.5. The van der Waals surface area contributed by atoms with Crippen LogP contribution >= 0.6 is 11.6 Å². The molecule has 0 atom stereocenters. The number of nitrogens with one attached hydrogen (secondary N) is 1. The molecule has 17 heavy (non-hydrogen) atoms. The van der Waals surface area contributed by atoms with Gasteiger partial charge in [0.05, 0.1) is 11.4 Å². The Kier molecular flexibility index (Phi) is 4.15. The van der Waals surface area contributed by atoms with E-state index >= 15 is 0 Å². The van der Waals surface area contributed by atoms with Crippen LogP contribution in [-0.2, 0) is 0 Å². The van der Waals surface area contributed by atoms with Crippen LogP contribution in [-0.4, -0.2) is 27.1 Å². The maximum atomic E-state index is 6.08. The van der Waals surface area contributed by atoms with Crippen LogP contribution in [0.2, 0.25) is 0 Å². The fraction of sp³-hybridized carbons (Fsp3) is 0.750. The van der Waals surface area contributed by atoms with Gasteiger partial charge in [-0.2, -0.15) is 5.10 Å². The van der Waals surface area contributed by atoms with Crippen LogP contribution in [0.25, 0.3) is 0 Å². The average Bonchev–Trinajstić information content (AvgIpc) is 2.33. The molecule has 0 spiro atoms. The molecule has 0 radical (unpaired) electrons. The zero-order valence-electron chi connectivity index (χ0n) is 10.4. The number of hydrogen-bond donors (Lipinski definition) is 1. The van der Waals surface area contributed by atoms with E-state index in [0.717, 1.165) is 30.8 Å². The standard InChI is InChI=1S/C12H19ClN4/c1-8-9(2)16-17-12(15-8)14-7-10-3-5-11(13)6-4-10/h10-11H,3-7H2,1-2H3,(H,14,15,17). The van der Waals surface area contributed by atoms with Crippen molar-refractivity contribution in [3.05, 3.63) is 11.4 Å². The molecule has 1 aliphatic rings. The van der Waals surface area contributed by atoms with Gasteiger partial charge in [-0.1, -0.05) is 0 Å². The van der Waals surface area contributed by atoms with Crippen molar-refractivity contribution in [1.29, 1.82) is 0 Å². The Hall–Kier alpha value is -0.900. The van der Waals surface area contributed by atoms with E-state index in [0.29, 0.717) is 17.2 Å². The highest BCUT2D eigenvalue weighted by molar-refractivity contribution is 6.20. The minimum absolute atomic E-state index is 0.380. The third kappa shape index (κ3) is 3.53. The first kappa shape index (κ1) is 12.6. The summed E-state index contributed by atoms with van der Waals surface area (Å²) < 4.78 is 0. The Labute approximate surface area is 107 Å². The second kappa shape index (κ2) is 5.63. The first-order valence-electron chi connectivity index (χ1n) is 6.21. The Morgan fingerprint density at radius 1 is 1.12 bits per heavy atom. The van der Waals surface area contributed by atoms with Crippen molar-refractivity contribution >= 4 is 17.5 Å². The monoisotopic (exact) mass is 254 g/mol. The number of halogens is 1. The molecule has 0 amide bonds. The van der Waals surface area contributed by atoms with Gasteiger partial charge in [0.1, 0.15) is 0 Å².